The summed E-state index contributed by atoms with van der Waals surface area (Å²) in [6, 6.07) is 20.7. The third-order valence-electron chi connectivity index (χ3n) is 6.59. The molecule has 9 heteroatoms. The smallest absolute Gasteiger partial charge is 0.173 e. The third-order valence-corrected chi connectivity index (χ3v) is 6.59. The molecule has 0 N–H and O–H groups in total. The van der Waals surface area contributed by atoms with Gasteiger partial charge in [-0.15, -0.1) is 5.10 Å². The zero-order valence-corrected chi connectivity index (χ0v) is 20.1. The summed E-state index contributed by atoms with van der Waals surface area (Å²) in [6.07, 6.45) is 0. The van der Waals surface area contributed by atoms with E-state index in [-0.39, 0.29) is 17.7 Å². The molecular formula is C27H28F2N6O. The van der Waals surface area contributed by atoms with E-state index in [4.69, 9.17) is 4.74 Å². The molecule has 0 bridgehead atoms. The average molecular weight is 491 g/mol. The summed E-state index contributed by atoms with van der Waals surface area (Å²) in [5.41, 5.74) is 2.97. The molecule has 0 spiro atoms. The maximum atomic E-state index is 13.7. The number of piperazine rings is 1. The second-order valence-corrected chi connectivity index (χ2v) is 8.90. The van der Waals surface area contributed by atoms with Crippen molar-refractivity contribution >= 4 is 0 Å². The van der Waals surface area contributed by atoms with Crippen molar-refractivity contribution in [2.24, 2.45) is 0 Å². The number of halogens is 2. The first-order valence-electron chi connectivity index (χ1n) is 11.9. The van der Waals surface area contributed by atoms with Crippen LogP contribution in [-0.2, 0) is 13.1 Å². The van der Waals surface area contributed by atoms with Crippen LogP contribution in [0.15, 0.2) is 72.8 Å². The Bertz CT molecular complexity index is 1270. The largest absolute Gasteiger partial charge is 0.496 e. The van der Waals surface area contributed by atoms with Crippen LogP contribution in [0, 0.1) is 11.6 Å². The topological polar surface area (TPSA) is 59.3 Å². The zero-order valence-electron chi connectivity index (χ0n) is 20.1. The van der Waals surface area contributed by atoms with Gasteiger partial charge in [-0.1, -0.05) is 42.5 Å². The zero-order chi connectivity index (χ0) is 24.9. The summed E-state index contributed by atoms with van der Waals surface area (Å²) in [7, 11) is 1.69. The monoisotopic (exact) mass is 490 g/mol. The van der Waals surface area contributed by atoms with E-state index in [1.165, 1.54) is 24.3 Å². The molecular weight excluding hydrogens is 462 g/mol. The van der Waals surface area contributed by atoms with Crippen molar-refractivity contribution in [1.29, 1.82) is 0 Å². The van der Waals surface area contributed by atoms with Crippen molar-refractivity contribution < 1.29 is 13.5 Å². The summed E-state index contributed by atoms with van der Waals surface area (Å²) in [6.45, 7) is 4.52. The molecule has 4 aromatic rings. The second kappa shape index (κ2) is 10.9. The quantitative estimate of drug-likeness (QED) is 0.373. The van der Waals surface area contributed by atoms with Crippen molar-refractivity contribution in [3.8, 4) is 5.75 Å². The first-order valence-corrected chi connectivity index (χ1v) is 11.9. The van der Waals surface area contributed by atoms with Crippen molar-refractivity contribution in [2.75, 3.05) is 33.3 Å². The number of benzene rings is 3. The maximum absolute atomic E-state index is 13.7. The van der Waals surface area contributed by atoms with Crippen molar-refractivity contribution in [1.82, 2.24) is 30.0 Å². The van der Waals surface area contributed by atoms with Crippen LogP contribution >= 0.6 is 0 Å². The lowest BCUT2D eigenvalue weighted by atomic mass is 10.0. The minimum atomic E-state index is -0.287. The van der Waals surface area contributed by atoms with Crippen molar-refractivity contribution in [2.45, 2.75) is 19.1 Å². The van der Waals surface area contributed by atoms with Gasteiger partial charge in [-0.3, -0.25) is 9.80 Å². The molecule has 3 aromatic carbocycles. The number of ether oxygens (including phenoxy) is 1. The molecule has 1 atom stereocenters. The summed E-state index contributed by atoms with van der Waals surface area (Å²) >= 11 is 0. The lowest BCUT2D eigenvalue weighted by molar-refractivity contribution is 0.0997. The minimum absolute atomic E-state index is 0.241. The number of para-hydroxylation sites is 1. The Kier molecular flexibility index (Phi) is 7.29. The number of methoxy groups -OCH3 is 1. The molecule has 1 fully saturated rings. The normalized spacial score (nSPS) is 15.6. The van der Waals surface area contributed by atoms with Gasteiger partial charge in [-0.2, -0.15) is 0 Å². The molecule has 1 aliphatic rings. The van der Waals surface area contributed by atoms with Crippen LogP contribution in [0.2, 0.25) is 0 Å². The average Bonchev–Trinajstić information content (AvgIpc) is 3.35. The Balaban J connectivity index is 1.37. The molecule has 0 saturated carbocycles. The molecule has 1 aromatic heterocycles. The fourth-order valence-electron chi connectivity index (χ4n) is 4.71. The molecule has 186 valence electrons. The first kappa shape index (κ1) is 24.0. The molecule has 0 aliphatic carbocycles. The van der Waals surface area contributed by atoms with E-state index in [1.807, 2.05) is 18.2 Å². The Morgan fingerprint density at radius 1 is 0.833 bits per heavy atom. The van der Waals surface area contributed by atoms with Crippen LogP contribution in [0.5, 0.6) is 5.75 Å². The molecule has 2 heterocycles. The standard InChI is InChI=1S/C27H28F2N6O/c1-36-25-5-3-2-4-22(25)19-33-14-16-34(17-15-33)26(21-8-12-24(29)13-9-21)27-30-31-32-35(27)18-20-6-10-23(28)11-7-20/h2-13,26H,14-19H2,1H3. The summed E-state index contributed by atoms with van der Waals surface area (Å²) < 4.78 is 34.4. The number of tetrazole rings is 1. The highest BCUT2D eigenvalue weighted by molar-refractivity contribution is 5.33. The van der Waals surface area contributed by atoms with E-state index in [2.05, 4.69) is 31.4 Å². The molecule has 1 aliphatic heterocycles. The van der Waals surface area contributed by atoms with E-state index in [0.717, 1.165) is 55.2 Å². The Morgan fingerprint density at radius 2 is 1.50 bits per heavy atom. The first-order chi connectivity index (χ1) is 17.6. The number of aromatic nitrogens is 4. The van der Waals surface area contributed by atoms with E-state index >= 15 is 0 Å². The van der Waals surface area contributed by atoms with Crippen LogP contribution in [-0.4, -0.2) is 63.3 Å². The third kappa shape index (κ3) is 5.42. The summed E-state index contributed by atoms with van der Waals surface area (Å²) in [5, 5.41) is 12.5. The highest BCUT2D eigenvalue weighted by atomic mass is 19.1. The van der Waals surface area contributed by atoms with E-state index in [1.54, 1.807) is 36.1 Å². The van der Waals surface area contributed by atoms with Gasteiger partial charge in [0.15, 0.2) is 5.82 Å². The van der Waals surface area contributed by atoms with Gasteiger partial charge >= 0.3 is 0 Å². The number of nitrogens with zero attached hydrogens (tertiary/aromatic N) is 6. The summed E-state index contributed by atoms with van der Waals surface area (Å²) in [5.74, 6) is 0.990. The van der Waals surface area contributed by atoms with E-state index < -0.39 is 0 Å². The van der Waals surface area contributed by atoms with Gasteiger partial charge < -0.3 is 4.74 Å². The predicted molar refractivity (Wildman–Crippen MR) is 131 cm³/mol. The Morgan fingerprint density at radius 3 is 2.19 bits per heavy atom. The van der Waals surface area contributed by atoms with Crippen molar-refractivity contribution in [3.63, 3.8) is 0 Å². The SMILES string of the molecule is COc1ccccc1CN1CCN(C(c2ccc(F)cc2)c2nnnn2Cc2ccc(F)cc2)CC1. The number of rotatable bonds is 8. The van der Waals surface area contributed by atoms with Crippen LogP contribution in [0.4, 0.5) is 8.78 Å². The fraction of sp³-hybridized carbons (Fsp3) is 0.296. The summed E-state index contributed by atoms with van der Waals surface area (Å²) in [4.78, 5) is 4.73. The van der Waals surface area contributed by atoms with Crippen LogP contribution in [0.3, 0.4) is 0 Å². The van der Waals surface area contributed by atoms with Gasteiger partial charge in [0.2, 0.25) is 0 Å². The van der Waals surface area contributed by atoms with E-state index in [9.17, 15) is 8.78 Å². The van der Waals surface area contributed by atoms with Gasteiger partial charge in [-0.25, -0.2) is 13.5 Å². The molecule has 5 rings (SSSR count). The van der Waals surface area contributed by atoms with Gasteiger partial charge in [0.25, 0.3) is 0 Å². The Labute approximate surface area is 208 Å². The highest BCUT2D eigenvalue weighted by Gasteiger charge is 2.31. The molecule has 7 nitrogen and oxygen atoms in total. The Hall–Kier alpha value is -3.69. The van der Waals surface area contributed by atoms with Gasteiger partial charge in [0.05, 0.1) is 19.7 Å². The van der Waals surface area contributed by atoms with E-state index in [0.29, 0.717) is 12.4 Å². The minimum Gasteiger partial charge on any atom is -0.496 e. The molecule has 1 saturated heterocycles. The van der Waals surface area contributed by atoms with Gasteiger partial charge in [0, 0.05) is 38.3 Å². The molecule has 0 amide bonds. The lowest BCUT2D eigenvalue weighted by Gasteiger charge is -2.39. The van der Waals surface area contributed by atoms with Gasteiger partial charge in [0.1, 0.15) is 17.4 Å². The molecule has 0 radical (unpaired) electrons. The lowest BCUT2D eigenvalue weighted by Crippen LogP contribution is -2.48. The van der Waals surface area contributed by atoms with Gasteiger partial charge in [-0.05, 0) is 51.9 Å². The molecule has 1 unspecified atom stereocenters. The maximum Gasteiger partial charge on any atom is 0.173 e. The number of hydrogen-bond acceptors (Lipinski definition) is 6. The predicted octanol–water partition coefficient (Wildman–Crippen LogP) is 3.92. The van der Waals surface area contributed by atoms with Crippen LogP contribution in [0.25, 0.3) is 0 Å². The fourth-order valence-corrected chi connectivity index (χ4v) is 4.71. The molecule has 36 heavy (non-hydrogen) atoms. The number of hydrogen-bond donors (Lipinski definition) is 0. The van der Waals surface area contributed by atoms with Crippen molar-refractivity contribution in [3.05, 3.63) is 107 Å². The van der Waals surface area contributed by atoms with Crippen LogP contribution in [0.1, 0.15) is 28.6 Å². The van der Waals surface area contributed by atoms with Crippen LogP contribution < -0.4 is 4.74 Å². The second-order valence-electron chi connectivity index (χ2n) is 8.90. The highest BCUT2D eigenvalue weighted by Crippen LogP contribution is 2.29.